The number of hydrogen-bond donors (Lipinski definition) is 2. The smallest absolute Gasteiger partial charge is 0.241 e. The Morgan fingerprint density at radius 2 is 1.86 bits per heavy atom. The standard InChI is InChI=1S/C21H28F2N4O2/c1-2-17-10-18(25-24-17)20(29)26-5-3-21(4-6-26)11-19(28)27(13-21)12-14-7-15(22)9-16(23)8-14/h7-9,17-18,24-25H,2-6,10-13H2,1H3. The summed E-state index contributed by atoms with van der Waals surface area (Å²) in [6.07, 6.45) is 3.76. The van der Waals surface area contributed by atoms with Crippen molar-refractivity contribution in [2.24, 2.45) is 5.41 Å². The number of hydrazine groups is 1. The van der Waals surface area contributed by atoms with E-state index in [1.165, 1.54) is 12.1 Å². The number of benzene rings is 1. The van der Waals surface area contributed by atoms with Gasteiger partial charge in [-0.1, -0.05) is 6.92 Å². The summed E-state index contributed by atoms with van der Waals surface area (Å²) in [5.41, 5.74) is 6.58. The van der Waals surface area contributed by atoms with Crippen molar-refractivity contribution in [2.75, 3.05) is 19.6 Å². The quantitative estimate of drug-likeness (QED) is 0.802. The lowest BCUT2D eigenvalue weighted by Crippen LogP contribution is -2.50. The summed E-state index contributed by atoms with van der Waals surface area (Å²) in [4.78, 5) is 28.9. The second-order valence-electron chi connectivity index (χ2n) is 8.71. The summed E-state index contributed by atoms with van der Waals surface area (Å²) in [7, 11) is 0. The van der Waals surface area contributed by atoms with Gasteiger partial charge in [0.05, 0.1) is 0 Å². The van der Waals surface area contributed by atoms with E-state index in [9.17, 15) is 18.4 Å². The molecular formula is C21H28F2N4O2. The van der Waals surface area contributed by atoms with Crippen LogP contribution in [0, 0.1) is 17.0 Å². The summed E-state index contributed by atoms with van der Waals surface area (Å²) in [5.74, 6) is -1.12. The number of carbonyl (C=O) groups excluding carboxylic acids is 2. The van der Waals surface area contributed by atoms with E-state index in [0.717, 1.165) is 31.7 Å². The molecule has 1 aromatic rings. The Balaban J connectivity index is 1.34. The maximum Gasteiger partial charge on any atom is 0.241 e. The van der Waals surface area contributed by atoms with Crippen LogP contribution in [0.4, 0.5) is 8.78 Å². The first kappa shape index (κ1) is 20.2. The first-order valence-corrected chi connectivity index (χ1v) is 10.4. The highest BCUT2D eigenvalue weighted by molar-refractivity contribution is 5.83. The van der Waals surface area contributed by atoms with E-state index < -0.39 is 11.6 Å². The van der Waals surface area contributed by atoms with Gasteiger partial charge in [0, 0.05) is 50.1 Å². The molecule has 6 nitrogen and oxygen atoms in total. The normalized spacial score (nSPS) is 26.5. The monoisotopic (exact) mass is 406 g/mol. The van der Waals surface area contributed by atoms with Gasteiger partial charge in [-0.25, -0.2) is 14.2 Å². The second kappa shape index (κ2) is 7.99. The third-order valence-corrected chi connectivity index (χ3v) is 6.61. The Morgan fingerprint density at radius 1 is 1.17 bits per heavy atom. The lowest BCUT2D eigenvalue weighted by Gasteiger charge is -2.39. The molecule has 0 radical (unpaired) electrons. The van der Waals surface area contributed by atoms with Gasteiger partial charge in [-0.3, -0.25) is 15.0 Å². The average molecular weight is 406 g/mol. The Hall–Kier alpha value is -2.06. The summed E-state index contributed by atoms with van der Waals surface area (Å²) in [6, 6.07) is 3.53. The number of halogens is 2. The Bertz CT molecular complexity index is 775. The van der Waals surface area contributed by atoms with Crippen molar-refractivity contribution in [3.63, 3.8) is 0 Å². The van der Waals surface area contributed by atoms with Gasteiger partial charge < -0.3 is 9.80 Å². The van der Waals surface area contributed by atoms with Crippen molar-refractivity contribution in [3.8, 4) is 0 Å². The largest absolute Gasteiger partial charge is 0.341 e. The molecule has 3 aliphatic heterocycles. The molecule has 1 spiro atoms. The van der Waals surface area contributed by atoms with E-state index in [-0.39, 0.29) is 29.8 Å². The van der Waals surface area contributed by atoms with E-state index in [1.807, 2.05) is 4.90 Å². The molecule has 2 unspecified atom stereocenters. The number of nitrogens with zero attached hydrogens (tertiary/aromatic N) is 2. The zero-order valence-electron chi connectivity index (χ0n) is 16.7. The van der Waals surface area contributed by atoms with Crippen molar-refractivity contribution < 1.29 is 18.4 Å². The fourth-order valence-electron chi connectivity index (χ4n) is 4.86. The van der Waals surface area contributed by atoms with Gasteiger partial charge in [0.25, 0.3) is 0 Å². The van der Waals surface area contributed by atoms with Gasteiger partial charge in [-0.15, -0.1) is 0 Å². The van der Waals surface area contributed by atoms with E-state index in [4.69, 9.17) is 0 Å². The van der Waals surface area contributed by atoms with Crippen molar-refractivity contribution in [1.29, 1.82) is 0 Å². The average Bonchev–Trinajstić information content (AvgIpc) is 3.26. The van der Waals surface area contributed by atoms with Crippen molar-refractivity contribution in [2.45, 2.75) is 57.7 Å². The van der Waals surface area contributed by atoms with Crippen molar-refractivity contribution in [3.05, 3.63) is 35.4 Å². The molecule has 8 heteroatoms. The van der Waals surface area contributed by atoms with Crippen LogP contribution in [-0.2, 0) is 16.1 Å². The van der Waals surface area contributed by atoms with Crippen LogP contribution >= 0.6 is 0 Å². The first-order chi connectivity index (χ1) is 13.9. The topological polar surface area (TPSA) is 64.7 Å². The zero-order valence-corrected chi connectivity index (χ0v) is 16.7. The Kier molecular flexibility index (Phi) is 5.57. The number of nitrogens with one attached hydrogen (secondary N) is 2. The number of likely N-dealkylation sites (tertiary alicyclic amines) is 2. The molecule has 0 bridgehead atoms. The highest BCUT2D eigenvalue weighted by atomic mass is 19.1. The summed E-state index contributed by atoms with van der Waals surface area (Å²) < 4.78 is 26.9. The van der Waals surface area contributed by atoms with E-state index in [0.29, 0.717) is 37.7 Å². The lowest BCUT2D eigenvalue weighted by molar-refractivity contribution is -0.135. The maximum absolute atomic E-state index is 13.5. The van der Waals surface area contributed by atoms with Gasteiger partial charge in [0.2, 0.25) is 11.8 Å². The first-order valence-electron chi connectivity index (χ1n) is 10.4. The fraction of sp³-hybridized carbons (Fsp3) is 0.619. The van der Waals surface area contributed by atoms with Crippen LogP contribution in [0.5, 0.6) is 0 Å². The molecule has 2 atom stereocenters. The molecule has 158 valence electrons. The maximum atomic E-state index is 13.5. The molecule has 3 fully saturated rings. The highest BCUT2D eigenvalue weighted by Crippen LogP contribution is 2.41. The third kappa shape index (κ3) is 4.28. The van der Waals surface area contributed by atoms with Crippen LogP contribution in [-0.4, -0.2) is 53.3 Å². The Labute approximate surface area is 169 Å². The van der Waals surface area contributed by atoms with E-state index in [1.54, 1.807) is 4.90 Å². The summed E-state index contributed by atoms with van der Waals surface area (Å²) in [6.45, 7) is 4.17. The summed E-state index contributed by atoms with van der Waals surface area (Å²) in [5, 5.41) is 0. The molecule has 2 amide bonds. The van der Waals surface area contributed by atoms with Gasteiger partial charge >= 0.3 is 0 Å². The third-order valence-electron chi connectivity index (χ3n) is 6.61. The molecule has 2 N–H and O–H groups in total. The molecule has 3 heterocycles. The number of piperidine rings is 1. The minimum Gasteiger partial charge on any atom is -0.341 e. The van der Waals surface area contributed by atoms with Gasteiger partial charge in [0.15, 0.2) is 0 Å². The van der Waals surface area contributed by atoms with E-state index in [2.05, 4.69) is 17.8 Å². The van der Waals surface area contributed by atoms with Gasteiger partial charge in [-0.2, -0.15) is 0 Å². The minimum absolute atomic E-state index is 0.0156. The van der Waals surface area contributed by atoms with Crippen LogP contribution < -0.4 is 10.9 Å². The number of hydrogen-bond acceptors (Lipinski definition) is 4. The number of amides is 2. The number of carbonyl (C=O) groups is 2. The molecule has 0 aromatic heterocycles. The minimum atomic E-state index is -0.631. The van der Waals surface area contributed by atoms with Crippen LogP contribution in [0.15, 0.2) is 18.2 Å². The molecule has 4 rings (SSSR count). The van der Waals surface area contributed by atoms with Gasteiger partial charge in [-0.05, 0) is 43.4 Å². The fourth-order valence-corrected chi connectivity index (χ4v) is 4.86. The SMILES string of the molecule is CCC1CC(C(=O)N2CCC3(CC2)CC(=O)N(Cc2cc(F)cc(F)c2)C3)NN1. The molecule has 29 heavy (non-hydrogen) atoms. The van der Waals surface area contributed by atoms with Crippen molar-refractivity contribution in [1.82, 2.24) is 20.7 Å². The molecule has 3 aliphatic rings. The van der Waals surface area contributed by atoms with Crippen LogP contribution in [0.3, 0.4) is 0 Å². The van der Waals surface area contributed by atoms with Crippen LogP contribution in [0.1, 0.15) is 44.6 Å². The van der Waals surface area contributed by atoms with E-state index >= 15 is 0 Å². The number of rotatable bonds is 4. The molecule has 3 saturated heterocycles. The molecule has 1 aromatic carbocycles. The summed E-state index contributed by atoms with van der Waals surface area (Å²) >= 11 is 0. The molecular weight excluding hydrogens is 378 g/mol. The van der Waals surface area contributed by atoms with Crippen LogP contribution in [0.25, 0.3) is 0 Å². The molecule has 0 saturated carbocycles. The predicted octanol–water partition coefficient (Wildman–Crippen LogP) is 1.95. The molecule has 0 aliphatic carbocycles. The van der Waals surface area contributed by atoms with Gasteiger partial charge in [0.1, 0.15) is 17.7 Å². The lowest BCUT2D eigenvalue weighted by atomic mass is 9.77. The Morgan fingerprint density at radius 3 is 2.48 bits per heavy atom. The second-order valence-corrected chi connectivity index (χ2v) is 8.71. The van der Waals surface area contributed by atoms with Crippen LogP contribution in [0.2, 0.25) is 0 Å². The highest BCUT2D eigenvalue weighted by Gasteiger charge is 2.46. The van der Waals surface area contributed by atoms with Crippen molar-refractivity contribution >= 4 is 11.8 Å². The predicted molar refractivity (Wildman–Crippen MR) is 103 cm³/mol. The zero-order chi connectivity index (χ0) is 20.6.